The second kappa shape index (κ2) is 9.55. The molecule has 10 nitrogen and oxygen atoms in total. The molecule has 10 heteroatoms. The topological polar surface area (TPSA) is 100 Å². The maximum absolute atomic E-state index is 12.1. The second-order valence-corrected chi connectivity index (χ2v) is 9.19. The van der Waals surface area contributed by atoms with Gasteiger partial charge in [0.1, 0.15) is 5.82 Å². The highest BCUT2D eigenvalue weighted by Crippen LogP contribution is 2.33. The number of amides is 2. The van der Waals surface area contributed by atoms with Crippen molar-refractivity contribution in [2.45, 2.75) is 38.5 Å². The maximum Gasteiger partial charge on any atom is 0.319 e. The van der Waals surface area contributed by atoms with Crippen LogP contribution in [0.15, 0.2) is 30.5 Å². The average molecular weight is 465 g/mol. The Balaban J connectivity index is 1.39. The largest absolute Gasteiger partial charge is 0.371 e. The first-order chi connectivity index (χ1) is 16.5. The Bertz CT molecular complexity index is 1150. The third-order valence-electron chi connectivity index (χ3n) is 6.36. The summed E-state index contributed by atoms with van der Waals surface area (Å²) >= 11 is 0. The average Bonchev–Trinajstić information content (AvgIpc) is 3.40. The number of hydrogen-bond donors (Lipinski definition) is 2. The minimum absolute atomic E-state index is 0.219. The molecule has 0 radical (unpaired) electrons. The fourth-order valence-corrected chi connectivity index (χ4v) is 4.60. The van der Waals surface area contributed by atoms with Crippen LogP contribution in [0.2, 0.25) is 0 Å². The molecule has 34 heavy (non-hydrogen) atoms. The van der Waals surface area contributed by atoms with Gasteiger partial charge >= 0.3 is 6.03 Å². The lowest BCUT2D eigenvalue weighted by Crippen LogP contribution is -2.43. The lowest BCUT2D eigenvalue weighted by atomic mass is 10.2. The predicted octanol–water partition coefficient (Wildman–Crippen LogP) is 2.56. The lowest BCUT2D eigenvalue weighted by Gasteiger charge is -2.33. The zero-order valence-corrected chi connectivity index (χ0v) is 20.0. The second-order valence-electron chi connectivity index (χ2n) is 9.19. The summed E-state index contributed by atoms with van der Waals surface area (Å²) in [4.78, 5) is 26.3. The van der Waals surface area contributed by atoms with Crippen molar-refractivity contribution in [3.8, 4) is 11.4 Å². The van der Waals surface area contributed by atoms with Gasteiger partial charge in [-0.05, 0) is 58.1 Å². The molecule has 4 heterocycles. The number of fused-ring (bicyclic) bond motifs is 3. The number of aryl methyl sites for hydroxylation is 1. The zero-order valence-electron chi connectivity index (χ0n) is 20.0. The van der Waals surface area contributed by atoms with E-state index in [4.69, 9.17) is 14.7 Å². The number of nitrogens with one attached hydrogen (secondary N) is 2. The van der Waals surface area contributed by atoms with E-state index in [-0.39, 0.29) is 18.2 Å². The van der Waals surface area contributed by atoms with Gasteiger partial charge in [-0.3, -0.25) is 0 Å². The van der Waals surface area contributed by atoms with Crippen LogP contribution in [-0.2, 0) is 11.3 Å². The van der Waals surface area contributed by atoms with Gasteiger partial charge in [0.05, 0.1) is 23.8 Å². The van der Waals surface area contributed by atoms with Gasteiger partial charge in [0.25, 0.3) is 0 Å². The van der Waals surface area contributed by atoms with Gasteiger partial charge in [0.2, 0.25) is 0 Å². The van der Waals surface area contributed by atoms with Crippen molar-refractivity contribution in [2.75, 3.05) is 50.5 Å². The quantitative estimate of drug-likeness (QED) is 0.554. The van der Waals surface area contributed by atoms with Crippen molar-refractivity contribution < 1.29 is 9.53 Å². The summed E-state index contributed by atoms with van der Waals surface area (Å²) in [6.07, 6.45) is 4.61. The number of carbonyl (C=O) groups is 1. The van der Waals surface area contributed by atoms with Crippen molar-refractivity contribution in [2.24, 2.45) is 0 Å². The number of likely N-dealkylation sites (N-methyl/N-ethyl adjacent to an activating group) is 1. The number of hydrogen-bond acceptors (Lipinski definition) is 7. The summed E-state index contributed by atoms with van der Waals surface area (Å²) < 4.78 is 7.95. The molecule has 2 aliphatic heterocycles. The molecular formula is C24H32N8O2. The molecule has 2 aliphatic rings. The van der Waals surface area contributed by atoms with Crippen LogP contribution >= 0.6 is 0 Å². The summed E-state index contributed by atoms with van der Waals surface area (Å²) in [5.41, 5.74) is 2.45. The van der Waals surface area contributed by atoms with Gasteiger partial charge < -0.3 is 25.2 Å². The number of rotatable bonds is 7. The van der Waals surface area contributed by atoms with E-state index in [0.717, 1.165) is 67.1 Å². The number of aromatic nitrogens is 4. The van der Waals surface area contributed by atoms with Crippen LogP contribution < -0.4 is 15.5 Å². The van der Waals surface area contributed by atoms with E-state index in [0.29, 0.717) is 12.4 Å². The minimum Gasteiger partial charge on any atom is -0.371 e. The normalized spacial score (nSPS) is 19.7. The molecule has 2 aromatic heterocycles. The van der Waals surface area contributed by atoms with Gasteiger partial charge in [-0.15, -0.1) is 0 Å². The van der Waals surface area contributed by atoms with E-state index in [1.54, 1.807) is 0 Å². The molecule has 2 unspecified atom stereocenters. The molecule has 180 valence electrons. The van der Waals surface area contributed by atoms with Crippen LogP contribution in [0.3, 0.4) is 0 Å². The van der Waals surface area contributed by atoms with Crippen LogP contribution in [0.5, 0.6) is 0 Å². The fraction of sp³-hybridized carbons (Fsp3) is 0.500. The Morgan fingerprint density at radius 1 is 1.15 bits per heavy atom. The molecular weight excluding hydrogens is 432 g/mol. The predicted molar refractivity (Wildman–Crippen MR) is 132 cm³/mol. The Labute approximate surface area is 199 Å². The molecule has 2 fully saturated rings. The first-order valence-corrected chi connectivity index (χ1v) is 11.9. The van der Waals surface area contributed by atoms with Gasteiger partial charge in [-0.25, -0.2) is 19.4 Å². The SMILES string of the molecule is CCn1ncc2c(N3CC4CCC(C3)O4)nc(-c3ccc(NC(=O)NCCN(C)C)cc3)nc21. The fourth-order valence-electron chi connectivity index (χ4n) is 4.60. The van der Waals surface area contributed by atoms with E-state index in [1.807, 2.05) is 54.1 Å². The Hall–Kier alpha value is -3.24. The summed E-state index contributed by atoms with van der Waals surface area (Å²) in [6.45, 7) is 5.85. The summed E-state index contributed by atoms with van der Waals surface area (Å²) in [5, 5.41) is 11.2. The van der Waals surface area contributed by atoms with E-state index in [1.165, 1.54) is 0 Å². The van der Waals surface area contributed by atoms with Crippen molar-refractivity contribution >= 4 is 28.6 Å². The van der Waals surface area contributed by atoms with Gasteiger partial charge in [-0.1, -0.05) is 0 Å². The van der Waals surface area contributed by atoms with E-state index in [2.05, 4.69) is 27.6 Å². The summed E-state index contributed by atoms with van der Waals surface area (Å²) in [6, 6.07) is 7.41. The number of urea groups is 1. The highest BCUT2D eigenvalue weighted by atomic mass is 16.5. The molecule has 2 amide bonds. The molecule has 3 aromatic rings. The standard InChI is InChI=1S/C24H32N8O2/c1-4-32-23-20(13-26-32)22(31-14-18-9-10-19(15-31)34-18)28-21(29-23)16-5-7-17(8-6-16)27-24(33)25-11-12-30(2)3/h5-8,13,18-19H,4,9-12,14-15H2,1-3H3,(H2,25,27,33). The van der Waals surface area contributed by atoms with Gasteiger partial charge in [0, 0.05) is 44.0 Å². The third kappa shape index (κ3) is 4.69. The molecule has 2 bridgehead atoms. The Kier molecular flexibility index (Phi) is 6.34. The van der Waals surface area contributed by atoms with Crippen LogP contribution in [0.4, 0.5) is 16.3 Å². The number of ether oxygens (including phenoxy) is 1. The first kappa shape index (κ1) is 22.5. The molecule has 1 aromatic carbocycles. The molecule has 2 saturated heterocycles. The maximum atomic E-state index is 12.1. The van der Waals surface area contributed by atoms with Gasteiger partial charge in [-0.2, -0.15) is 5.10 Å². The summed E-state index contributed by atoms with van der Waals surface area (Å²) in [7, 11) is 3.94. The molecule has 2 N–H and O–H groups in total. The number of nitrogens with zero attached hydrogens (tertiary/aromatic N) is 6. The number of morpholine rings is 1. The molecule has 0 spiro atoms. The lowest BCUT2D eigenvalue weighted by molar-refractivity contribution is 0.0303. The van der Waals surface area contributed by atoms with Crippen molar-refractivity contribution in [3.63, 3.8) is 0 Å². The number of carbonyl (C=O) groups excluding carboxylic acids is 1. The van der Waals surface area contributed by atoms with E-state index >= 15 is 0 Å². The molecule has 5 rings (SSSR count). The third-order valence-corrected chi connectivity index (χ3v) is 6.36. The van der Waals surface area contributed by atoms with E-state index < -0.39 is 0 Å². The minimum atomic E-state index is -0.219. The summed E-state index contributed by atoms with van der Waals surface area (Å²) in [5.74, 6) is 1.57. The number of benzene rings is 1. The molecule has 2 atom stereocenters. The van der Waals surface area contributed by atoms with Crippen LogP contribution in [0, 0.1) is 0 Å². The molecule has 0 aliphatic carbocycles. The highest BCUT2D eigenvalue weighted by molar-refractivity contribution is 5.90. The van der Waals surface area contributed by atoms with Crippen LogP contribution in [0.1, 0.15) is 19.8 Å². The first-order valence-electron chi connectivity index (χ1n) is 11.9. The highest BCUT2D eigenvalue weighted by Gasteiger charge is 2.35. The van der Waals surface area contributed by atoms with E-state index in [9.17, 15) is 4.79 Å². The van der Waals surface area contributed by atoms with Crippen LogP contribution in [0.25, 0.3) is 22.4 Å². The smallest absolute Gasteiger partial charge is 0.319 e. The zero-order chi connectivity index (χ0) is 23.7. The van der Waals surface area contributed by atoms with Crippen molar-refractivity contribution in [3.05, 3.63) is 30.5 Å². The van der Waals surface area contributed by atoms with Crippen LogP contribution in [-0.4, -0.2) is 83.2 Å². The Morgan fingerprint density at radius 2 is 1.88 bits per heavy atom. The number of anilines is 2. The Morgan fingerprint density at radius 3 is 2.56 bits per heavy atom. The molecule has 0 saturated carbocycles. The van der Waals surface area contributed by atoms with Crippen molar-refractivity contribution in [1.29, 1.82) is 0 Å². The van der Waals surface area contributed by atoms with Gasteiger partial charge in [0.15, 0.2) is 11.5 Å². The monoisotopic (exact) mass is 464 g/mol. The van der Waals surface area contributed by atoms with Crippen molar-refractivity contribution in [1.82, 2.24) is 30.0 Å².